The van der Waals surface area contributed by atoms with Crippen molar-refractivity contribution < 1.29 is 14.5 Å². The predicted octanol–water partition coefficient (Wildman–Crippen LogP) is 3.14. The van der Waals surface area contributed by atoms with Gasteiger partial charge in [-0.05, 0) is 23.6 Å². The quantitative estimate of drug-likeness (QED) is 0.656. The summed E-state index contributed by atoms with van der Waals surface area (Å²) in [5.41, 5.74) is 1.13. The number of nitro benzene ring substituents is 1. The first-order valence-corrected chi connectivity index (χ1v) is 7.18. The summed E-state index contributed by atoms with van der Waals surface area (Å²) in [7, 11) is 1.35. The molecule has 0 aliphatic carbocycles. The maximum atomic E-state index is 12.2. The Morgan fingerprint density at radius 2 is 1.96 bits per heavy atom. The van der Waals surface area contributed by atoms with E-state index in [1.165, 1.54) is 25.3 Å². The molecule has 1 N–H and O–H groups in total. The monoisotopic (exact) mass is 314 g/mol. The largest absolute Gasteiger partial charge is 0.490 e. The summed E-state index contributed by atoms with van der Waals surface area (Å²) in [6.07, 6.45) is 0. The van der Waals surface area contributed by atoms with Crippen LogP contribution in [-0.4, -0.2) is 24.5 Å². The summed E-state index contributed by atoms with van der Waals surface area (Å²) in [6.45, 7) is 2.45. The zero-order chi connectivity index (χ0) is 16.8. The Kier molecular flexibility index (Phi) is 5.30. The minimum Gasteiger partial charge on any atom is -0.490 e. The molecule has 0 aliphatic heterocycles. The van der Waals surface area contributed by atoms with Crippen molar-refractivity contribution in [3.05, 3.63) is 69.8 Å². The van der Waals surface area contributed by atoms with Crippen LogP contribution in [0.25, 0.3) is 0 Å². The van der Waals surface area contributed by atoms with Crippen LogP contribution < -0.4 is 10.1 Å². The van der Waals surface area contributed by atoms with Crippen molar-refractivity contribution in [3.8, 4) is 5.75 Å². The number of carbonyl (C=O) groups is 1. The highest BCUT2D eigenvalue weighted by atomic mass is 16.6. The molecule has 1 unspecified atom stereocenters. The van der Waals surface area contributed by atoms with E-state index in [0.29, 0.717) is 6.54 Å². The number of hydrogen-bond donors (Lipinski definition) is 1. The first kappa shape index (κ1) is 16.5. The van der Waals surface area contributed by atoms with Crippen LogP contribution in [0.1, 0.15) is 28.8 Å². The average Bonchev–Trinajstić information content (AvgIpc) is 2.59. The molecular weight excluding hydrogens is 296 g/mol. The van der Waals surface area contributed by atoms with Crippen molar-refractivity contribution in [2.75, 3.05) is 13.7 Å². The van der Waals surface area contributed by atoms with E-state index in [1.807, 2.05) is 37.3 Å². The number of hydrogen-bond acceptors (Lipinski definition) is 4. The fourth-order valence-corrected chi connectivity index (χ4v) is 2.22. The van der Waals surface area contributed by atoms with Crippen LogP contribution in [-0.2, 0) is 0 Å². The molecule has 0 radical (unpaired) electrons. The number of carbonyl (C=O) groups excluding carboxylic acids is 1. The van der Waals surface area contributed by atoms with E-state index in [2.05, 4.69) is 5.32 Å². The van der Waals surface area contributed by atoms with Gasteiger partial charge in [-0.15, -0.1) is 0 Å². The van der Waals surface area contributed by atoms with Gasteiger partial charge < -0.3 is 10.1 Å². The second kappa shape index (κ2) is 7.40. The number of rotatable bonds is 6. The molecule has 2 aromatic carbocycles. The number of methoxy groups -OCH3 is 1. The van der Waals surface area contributed by atoms with Crippen molar-refractivity contribution in [1.29, 1.82) is 0 Å². The summed E-state index contributed by atoms with van der Waals surface area (Å²) < 4.78 is 4.92. The lowest BCUT2D eigenvalue weighted by Crippen LogP contribution is -2.27. The Morgan fingerprint density at radius 3 is 2.57 bits per heavy atom. The zero-order valence-corrected chi connectivity index (χ0v) is 13.0. The van der Waals surface area contributed by atoms with Crippen molar-refractivity contribution in [1.82, 2.24) is 5.32 Å². The van der Waals surface area contributed by atoms with Gasteiger partial charge in [0, 0.05) is 18.2 Å². The van der Waals surface area contributed by atoms with E-state index in [4.69, 9.17) is 4.74 Å². The average molecular weight is 314 g/mol. The summed E-state index contributed by atoms with van der Waals surface area (Å²) in [5, 5.41) is 13.8. The Bertz CT molecular complexity index is 701. The van der Waals surface area contributed by atoms with Crippen LogP contribution in [0.4, 0.5) is 5.69 Å². The molecule has 0 saturated carbocycles. The van der Waals surface area contributed by atoms with Crippen LogP contribution in [0.5, 0.6) is 5.75 Å². The molecule has 1 amide bonds. The molecule has 1 atom stereocenters. The van der Waals surface area contributed by atoms with E-state index < -0.39 is 4.92 Å². The minimum absolute atomic E-state index is 0.129. The molecule has 6 nitrogen and oxygen atoms in total. The molecular formula is C17H18N2O4. The maximum absolute atomic E-state index is 12.2. The molecule has 0 bridgehead atoms. The molecule has 2 rings (SSSR count). The highest BCUT2D eigenvalue weighted by molar-refractivity contribution is 5.95. The van der Waals surface area contributed by atoms with E-state index >= 15 is 0 Å². The van der Waals surface area contributed by atoms with Gasteiger partial charge in [-0.25, -0.2) is 0 Å². The van der Waals surface area contributed by atoms with Crippen LogP contribution in [0.3, 0.4) is 0 Å². The molecule has 0 spiro atoms. The van der Waals surface area contributed by atoms with Crippen LogP contribution in [0.15, 0.2) is 48.5 Å². The number of amides is 1. The van der Waals surface area contributed by atoms with Crippen LogP contribution in [0.2, 0.25) is 0 Å². The molecule has 2 aromatic rings. The fourth-order valence-electron chi connectivity index (χ4n) is 2.22. The number of nitrogens with zero attached hydrogens (tertiary/aromatic N) is 1. The maximum Gasteiger partial charge on any atom is 0.311 e. The van der Waals surface area contributed by atoms with Gasteiger partial charge in [-0.2, -0.15) is 0 Å². The Labute approximate surface area is 134 Å². The van der Waals surface area contributed by atoms with Crippen molar-refractivity contribution >= 4 is 11.6 Å². The molecule has 0 aromatic heterocycles. The lowest BCUT2D eigenvalue weighted by molar-refractivity contribution is -0.385. The third-order valence-corrected chi connectivity index (χ3v) is 3.58. The van der Waals surface area contributed by atoms with Gasteiger partial charge in [-0.3, -0.25) is 14.9 Å². The number of benzene rings is 2. The van der Waals surface area contributed by atoms with Gasteiger partial charge in [0.25, 0.3) is 5.91 Å². The van der Waals surface area contributed by atoms with Crippen molar-refractivity contribution in [2.45, 2.75) is 12.8 Å². The number of ether oxygens (including phenoxy) is 1. The van der Waals surface area contributed by atoms with Crippen molar-refractivity contribution in [3.63, 3.8) is 0 Å². The highest BCUT2D eigenvalue weighted by Gasteiger charge is 2.18. The third-order valence-electron chi connectivity index (χ3n) is 3.58. The Morgan fingerprint density at radius 1 is 1.26 bits per heavy atom. The molecule has 6 heteroatoms. The standard InChI is InChI=1S/C17H18N2O4/c1-12(13-6-4-3-5-7-13)11-18-17(20)14-8-9-16(23-2)15(10-14)19(21)22/h3-10,12H,11H2,1-2H3,(H,18,20). The SMILES string of the molecule is COc1ccc(C(=O)NCC(C)c2ccccc2)cc1[N+](=O)[O-]. The van der Waals surface area contributed by atoms with Gasteiger partial charge in [-0.1, -0.05) is 37.3 Å². The molecule has 120 valence electrons. The first-order valence-electron chi connectivity index (χ1n) is 7.18. The van der Waals surface area contributed by atoms with E-state index in [-0.39, 0.29) is 28.8 Å². The number of nitro groups is 1. The zero-order valence-electron chi connectivity index (χ0n) is 13.0. The molecule has 0 aliphatic rings. The minimum atomic E-state index is -0.567. The third kappa shape index (κ3) is 4.06. The molecule has 0 saturated heterocycles. The lowest BCUT2D eigenvalue weighted by Gasteiger charge is -2.13. The topological polar surface area (TPSA) is 81.5 Å². The summed E-state index contributed by atoms with van der Waals surface area (Å²) in [6, 6.07) is 14.0. The number of nitrogens with one attached hydrogen (secondary N) is 1. The molecule has 0 fully saturated rings. The van der Waals surface area contributed by atoms with Gasteiger partial charge in [0.05, 0.1) is 12.0 Å². The van der Waals surface area contributed by atoms with Gasteiger partial charge in [0.15, 0.2) is 5.75 Å². The normalized spacial score (nSPS) is 11.6. The molecule has 23 heavy (non-hydrogen) atoms. The highest BCUT2D eigenvalue weighted by Crippen LogP contribution is 2.27. The Balaban J connectivity index is 2.06. The van der Waals surface area contributed by atoms with E-state index in [1.54, 1.807) is 0 Å². The van der Waals surface area contributed by atoms with Crippen molar-refractivity contribution in [2.24, 2.45) is 0 Å². The smallest absolute Gasteiger partial charge is 0.311 e. The van der Waals surface area contributed by atoms with Gasteiger partial charge >= 0.3 is 5.69 Å². The summed E-state index contributed by atoms with van der Waals surface area (Å²) in [5.74, 6) is -0.0730. The summed E-state index contributed by atoms with van der Waals surface area (Å²) in [4.78, 5) is 22.6. The van der Waals surface area contributed by atoms with Gasteiger partial charge in [0.2, 0.25) is 0 Å². The fraction of sp³-hybridized carbons (Fsp3) is 0.235. The Hall–Kier alpha value is -2.89. The first-order chi connectivity index (χ1) is 11.0. The second-order valence-electron chi connectivity index (χ2n) is 5.17. The summed E-state index contributed by atoms with van der Waals surface area (Å²) >= 11 is 0. The second-order valence-corrected chi connectivity index (χ2v) is 5.17. The van der Waals surface area contributed by atoms with Crippen LogP contribution in [0, 0.1) is 10.1 Å². The van der Waals surface area contributed by atoms with E-state index in [0.717, 1.165) is 5.56 Å². The van der Waals surface area contributed by atoms with Crippen LogP contribution >= 0.6 is 0 Å². The van der Waals surface area contributed by atoms with E-state index in [9.17, 15) is 14.9 Å². The predicted molar refractivity (Wildman–Crippen MR) is 86.8 cm³/mol. The van der Waals surface area contributed by atoms with Gasteiger partial charge in [0.1, 0.15) is 0 Å². The molecule has 0 heterocycles. The lowest BCUT2D eigenvalue weighted by atomic mass is 10.0.